The summed E-state index contributed by atoms with van der Waals surface area (Å²) in [5, 5.41) is 5.08. The van der Waals surface area contributed by atoms with Gasteiger partial charge in [0.05, 0.1) is 0 Å². The standard InChI is InChI=1S/C31H47N5O10/c1-18-24(26(32)39)33-27(40)20-12-10-16-35(20)28(41)21-13-11-17-36(21)29(42)25(34-30(43)46-31(3,4)5)19(2)45-23(38)15-9-7-6-8-14-22(37)44-18/h6-7,18-21,24-25H,8-17H2,1-5H3,(H2,32,39)(H,33,40)(H,34,43)/b7-6+/t18-,19-,20+,21+,24+,25+/m1/s1. The summed E-state index contributed by atoms with van der Waals surface area (Å²) in [6.07, 6.45) is 2.42. The predicted octanol–water partition coefficient (Wildman–Crippen LogP) is 0.825. The summed E-state index contributed by atoms with van der Waals surface area (Å²) in [5.41, 5.74) is 4.67. The molecule has 0 aromatic carbocycles. The van der Waals surface area contributed by atoms with E-state index >= 15 is 0 Å². The number of allylic oxidation sites excluding steroid dienone is 2. The molecular weight excluding hydrogens is 602 g/mol. The van der Waals surface area contributed by atoms with Crippen LogP contribution in [0.15, 0.2) is 12.2 Å². The Morgan fingerprint density at radius 3 is 1.93 bits per heavy atom. The van der Waals surface area contributed by atoms with Crippen molar-refractivity contribution < 1.29 is 47.8 Å². The van der Waals surface area contributed by atoms with Crippen LogP contribution < -0.4 is 16.4 Å². The van der Waals surface area contributed by atoms with Gasteiger partial charge in [-0.1, -0.05) is 12.2 Å². The summed E-state index contributed by atoms with van der Waals surface area (Å²) in [7, 11) is 0. The second-order valence-electron chi connectivity index (χ2n) is 12.8. The van der Waals surface area contributed by atoms with Gasteiger partial charge in [0.1, 0.15) is 42.0 Å². The van der Waals surface area contributed by atoms with E-state index in [0.29, 0.717) is 25.7 Å². The third kappa shape index (κ3) is 9.91. The van der Waals surface area contributed by atoms with Gasteiger partial charge < -0.3 is 40.4 Å². The predicted molar refractivity (Wildman–Crippen MR) is 162 cm³/mol. The lowest BCUT2D eigenvalue weighted by Gasteiger charge is -2.34. The average Bonchev–Trinajstić information content (AvgIpc) is 3.64. The summed E-state index contributed by atoms with van der Waals surface area (Å²) in [6, 6.07) is -4.59. The largest absolute Gasteiger partial charge is 0.460 e. The number of nitrogens with two attached hydrogens (primary N) is 1. The Labute approximate surface area is 268 Å². The lowest BCUT2D eigenvalue weighted by Crippen LogP contribution is -2.60. The van der Waals surface area contributed by atoms with Crippen LogP contribution in [-0.2, 0) is 43.0 Å². The Bertz CT molecular complexity index is 1210. The molecule has 0 aromatic rings. The van der Waals surface area contributed by atoms with Crippen molar-refractivity contribution >= 4 is 41.7 Å². The number of ether oxygens (including phenoxy) is 3. The zero-order chi connectivity index (χ0) is 34.2. The van der Waals surface area contributed by atoms with Crippen molar-refractivity contribution in [3.63, 3.8) is 0 Å². The Morgan fingerprint density at radius 1 is 0.870 bits per heavy atom. The molecule has 0 aliphatic carbocycles. The number of primary amides is 1. The Hall–Kier alpha value is -4.17. The summed E-state index contributed by atoms with van der Waals surface area (Å²) in [5.74, 6) is -3.87. The summed E-state index contributed by atoms with van der Waals surface area (Å²) >= 11 is 0. The molecule has 15 heteroatoms. The highest BCUT2D eigenvalue weighted by atomic mass is 16.6. The smallest absolute Gasteiger partial charge is 0.408 e. The van der Waals surface area contributed by atoms with E-state index in [4.69, 9.17) is 19.9 Å². The van der Waals surface area contributed by atoms with Gasteiger partial charge in [-0.2, -0.15) is 0 Å². The third-order valence-electron chi connectivity index (χ3n) is 7.97. The number of rotatable bonds is 2. The number of nitrogens with one attached hydrogen (secondary N) is 2. The minimum Gasteiger partial charge on any atom is -0.460 e. The first-order valence-electron chi connectivity index (χ1n) is 15.8. The van der Waals surface area contributed by atoms with Crippen LogP contribution in [0.25, 0.3) is 0 Å². The van der Waals surface area contributed by atoms with Crippen LogP contribution in [0.4, 0.5) is 4.79 Å². The van der Waals surface area contributed by atoms with Crippen molar-refractivity contribution in [3.8, 4) is 0 Å². The number of amides is 5. The first kappa shape index (κ1) is 36.3. The molecule has 6 atom stereocenters. The molecule has 15 nitrogen and oxygen atoms in total. The second kappa shape index (κ2) is 15.9. The quantitative estimate of drug-likeness (QED) is 0.218. The molecule has 0 aromatic heterocycles. The van der Waals surface area contributed by atoms with Crippen molar-refractivity contribution in [2.45, 2.75) is 128 Å². The van der Waals surface area contributed by atoms with E-state index in [1.807, 2.05) is 0 Å². The van der Waals surface area contributed by atoms with Gasteiger partial charge in [-0.3, -0.25) is 28.8 Å². The van der Waals surface area contributed by atoms with E-state index in [1.54, 1.807) is 32.9 Å². The summed E-state index contributed by atoms with van der Waals surface area (Å²) in [4.78, 5) is 94.1. The van der Waals surface area contributed by atoms with Gasteiger partial charge in [0.25, 0.3) is 0 Å². The van der Waals surface area contributed by atoms with Gasteiger partial charge in [0.2, 0.25) is 23.6 Å². The molecule has 5 amide bonds. The summed E-state index contributed by atoms with van der Waals surface area (Å²) in [6.45, 7) is 8.34. The van der Waals surface area contributed by atoms with E-state index in [0.717, 1.165) is 0 Å². The molecule has 0 radical (unpaired) electrons. The molecule has 0 unspecified atom stereocenters. The minimum atomic E-state index is -1.36. The van der Waals surface area contributed by atoms with Gasteiger partial charge in [-0.05, 0) is 73.1 Å². The maximum Gasteiger partial charge on any atom is 0.408 e. The highest BCUT2D eigenvalue weighted by Gasteiger charge is 2.45. The van der Waals surface area contributed by atoms with Gasteiger partial charge in [0, 0.05) is 25.9 Å². The summed E-state index contributed by atoms with van der Waals surface area (Å²) < 4.78 is 16.3. The third-order valence-corrected chi connectivity index (χ3v) is 7.97. The zero-order valence-corrected chi connectivity index (χ0v) is 27.2. The molecule has 3 aliphatic rings. The number of fused-ring (bicyclic) bond motifs is 2. The number of hydrogen-bond acceptors (Lipinski definition) is 10. The molecule has 2 fully saturated rings. The zero-order valence-electron chi connectivity index (χ0n) is 27.2. The molecular formula is C31H47N5O10. The van der Waals surface area contributed by atoms with Gasteiger partial charge >= 0.3 is 18.0 Å². The van der Waals surface area contributed by atoms with E-state index in [2.05, 4.69) is 10.6 Å². The Balaban J connectivity index is 1.92. The molecule has 0 saturated carbocycles. The number of esters is 2. The van der Waals surface area contributed by atoms with Crippen molar-refractivity contribution in [1.29, 1.82) is 0 Å². The number of alkyl carbamates (subject to hydrolysis) is 1. The van der Waals surface area contributed by atoms with E-state index < -0.39 is 83.6 Å². The van der Waals surface area contributed by atoms with Crippen LogP contribution in [0.5, 0.6) is 0 Å². The Morgan fingerprint density at radius 2 is 1.39 bits per heavy atom. The average molecular weight is 650 g/mol. The van der Waals surface area contributed by atoms with Crippen molar-refractivity contribution in [1.82, 2.24) is 20.4 Å². The van der Waals surface area contributed by atoms with E-state index in [1.165, 1.54) is 23.6 Å². The maximum atomic E-state index is 14.0. The molecule has 2 saturated heterocycles. The van der Waals surface area contributed by atoms with Crippen LogP contribution in [0.2, 0.25) is 0 Å². The van der Waals surface area contributed by atoms with Crippen LogP contribution in [0.1, 0.15) is 86.0 Å². The number of carbonyl (C=O) groups is 7. The molecule has 46 heavy (non-hydrogen) atoms. The number of hydrogen-bond donors (Lipinski definition) is 3. The highest BCUT2D eigenvalue weighted by Crippen LogP contribution is 2.26. The molecule has 3 heterocycles. The van der Waals surface area contributed by atoms with Crippen LogP contribution in [0.3, 0.4) is 0 Å². The minimum absolute atomic E-state index is 0.0231. The highest BCUT2D eigenvalue weighted by molar-refractivity contribution is 5.96. The molecule has 256 valence electrons. The number of nitrogens with zero attached hydrogens (tertiary/aromatic N) is 2. The van der Waals surface area contributed by atoms with E-state index in [9.17, 15) is 33.6 Å². The topological polar surface area (TPSA) is 204 Å². The first-order chi connectivity index (χ1) is 21.6. The number of carbonyl (C=O) groups excluding carboxylic acids is 7. The fourth-order valence-electron chi connectivity index (χ4n) is 5.75. The normalized spacial score (nSPS) is 30.1. The maximum absolute atomic E-state index is 14.0. The fourth-order valence-corrected chi connectivity index (χ4v) is 5.75. The molecule has 4 N–H and O–H groups in total. The molecule has 0 spiro atoms. The van der Waals surface area contributed by atoms with Gasteiger partial charge in [-0.15, -0.1) is 0 Å². The number of cyclic esters (lactones) is 2. The van der Waals surface area contributed by atoms with Crippen LogP contribution in [-0.4, -0.2) is 107 Å². The van der Waals surface area contributed by atoms with Crippen molar-refractivity contribution in [2.75, 3.05) is 13.1 Å². The molecule has 0 bridgehead atoms. The SMILES string of the molecule is C[C@H]1OC(=O)CC/C=C/CCC(=O)O[C@H](C)[C@H](NC(=O)OC(C)(C)C)C(=O)N2CCC[C@H]2C(=O)N2CCC[C@H]2C(=O)N[C@@H]1C(N)=O. The Kier molecular flexibility index (Phi) is 12.5. The van der Waals surface area contributed by atoms with Crippen molar-refractivity contribution in [3.05, 3.63) is 12.2 Å². The second-order valence-corrected chi connectivity index (χ2v) is 12.8. The molecule has 3 aliphatic heterocycles. The van der Waals surface area contributed by atoms with Crippen LogP contribution in [0, 0.1) is 0 Å². The first-order valence-corrected chi connectivity index (χ1v) is 15.8. The van der Waals surface area contributed by atoms with Crippen molar-refractivity contribution in [2.24, 2.45) is 5.73 Å². The lowest BCUT2D eigenvalue weighted by molar-refractivity contribution is -0.156. The lowest BCUT2D eigenvalue weighted by atomic mass is 10.1. The van der Waals surface area contributed by atoms with E-state index in [-0.39, 0.29) is 38.8 Å². The fraction of sp³-hybridized carbons (Fsp3) is 0.710. The monoisotopic (exact) mass is 649 g/mol. The van der Waals surface area contributed by atoms with Gasteiger partial charge in [0.15, 0.2) is 0 Å². The van der Waals surface area contributed by atoms with Crippen LogP contribution >= 0.6 is 0 Å². The molecule has 3 rings (SSSR count). The van der Waals surface area contributed by atoms with Gasteiger partial charge in [-0.25, -0.2) is 4.79 Å².